The molecule has 0 aliphatic carbocycles. The number of aromatic nitrogens is 1. The number of benzene rings is 1. The number of nitrogens with zero attached hydrogens (tertiary/aromatic N) is 2. The molecule has 0 radical (unpaired) electrons. The van der Waals surface area contributed by atoms with Crippen LogP contribution in [0.1, 0.15) is 34.6 Å². The molecule has 19 heavy (non-hydrogen) atoms. The van der Waals surface area contributed by atoms with E-state index >= 15 is 0 Å². The van der Waals surface area contributed by atoms with Gasteiger partial charge >= 0.3 is 0 Å². The summed E-state index contributed by atoms with van der Waals surface area (Å²) >= 11 is 3.36. The number of amides is 1. The first kappa shape index (κ1) is 12.4. The first-order valence-electron chi connectivity index (χ1n) is 6.17. The van der Waals surface area contributed by atoms with Gasteiger partial charge in [-0.1, -0.05) is 30.3 Å². The van der Waals surface area contributed by atoms with Crippen molar-refractivity contribution in [2.24, 2.45) is 0 Å². The van der Waals surface area contributed by atoms with Gasteiger partial charge in [0.2, 0.25) is 0 Å². The summed E-state index contributed by atoms with van der Waals surface area (Å²) in [7, 11) is 0. The Morgan fingerprint density at radius 3 is 2.79 bits per heavy atom. The Labute approximate surface area is 120 Å². The fourth-order valence-corrected chi connectivity index (χ4v) is 2.72. The molecule has 2 heterocycles. The van der Waals surface area contributed by atoms with Gasteiger partial charge in [-0.25, -0.2) is 0 Å². The Balaban J connectivity index is 1.92. The van der Waals surface area contributed by atoms with E-state index in [-0.39, 0.29) is 11.9 Å². The van der Waals surface area contributed by atoms with Crippen LogP contribution in [-0.2, 0) is 6.54 Å². The van der Waals surface area contributed by atoms with Gasteiger partial charge in [0, 0.05) is 10.7 Å². The van der Waals surface area contributed by atoms with Crippen LogP contribution in [0.15, 0.2) is 47.1 Å². The third-order valence-corrected chi connectivity index (χ3v) is 3.93. The fourth-order valence-electron chi connectivity index (χ4n) is 2.39. The van der Waals surface area contributed by atoms with E-state index in [0.717, 1.165) is 15.7 Å². The van der Waals surface area contributed by atoms with E-state index in [2.05, 4.69) is 20.9 Å². The van der Waals surface area contributed by atoms with Gasteiger partial charge in [0.15, 0.2) is 0 Å². The van der Waals surface area contributed by atoms with Gasteiger partial charge in [0.25, 0.3) is 5.91 Å². The summed E-state index contributed by atoms with van der Waals surface area (Å²) in [5.41, 5.74) is 2.70. The maximum Gasteiger partial charge on any atom is 0.256 e. The Kier molecular flexibility index (Phi) is 3.11. The lowest BCUT2D eigenvalue weighted by atomic mass is 10.1. The van der Waals surface area contributed by atoms with E-state index in [0.29, 0.717) is 12.1 Å². The number of carbonyl (C=O) groups excluding carboxylic acids is 1. The highest BCUT2D eigenvalue weighted by atomic mass is 79.9. The molecular formula is C15H13BrN2O. The number of fused-ring (bicyclic) bond motifs is 1. The van der Waals surface area contributed by atoms with Crippen molar-refractivity contribution >= 4 is 21.8 Å². The lowest BCUT2D eigenvalue weighted by molar-refractivity contribution is 0.0715. The van der Waals surface area contributed by atoms with Crippen LogP contribution in [0.25, 0.3) is 0 Å². The van der Waals surface area contributed by atoms with Crippen molar-refractivity contribution in [2.45, 2.75) is 19.5 Å². The van der Waals surface area contributed by atoms with Crippen LogP contribution in [0.3, 0.4) is 0 Å². The summed E-state index contributed by atoms with van der Waals surface area (Å²) < 4.78 is 0.841. The molecule has 0 fully saturated rings. The first-order chi connectivity index (χ1) is 9.16. The zero-order valence-corrected chi connectivity index (χ0v) is 12.1. The fraction of sp³-hybridized carbons (Fsp3) is 0.200. The van der Waals surface area contributed by atoms with Crippen LogP contribution in [0.4, 0.5) is 0 Å². The van der Waals surface area contributed by atoms with E-state index in [1.807, 2.05) is 48.2 Å². The number of hydrogen-bond acceptors (Lipinski definition) is 2. The average Bonchev–Trinajstić information content (AvgIpc) is 2.76. The lowest BCUT2D eigenvalue weighted by Gasteiger charge is -2.24. The normalized spacial score (nSPS) is 15.5. The van der Waals surface area contributed by atoms with Crippen molar-refractivity contribution in [3.63, 3.8) is 0 Å². The van der Waals surface area contributed by atoms with Crippen LogP contribution in [-0.4, -0.2) is 15.8 Å². The van der Waals surface area contributed by atoms with Crippen LogP contribution in [0.5, 0.6) is 0 Å². The Bertz CT molecular complexity index is 627. The van der Waals surface area contributed by atoms with Gasteiger partial charge in [-0.05, 0) is 34.5 Å². The average molecular weight is 317 g/mol. The molecule has 1 aromatic carbocycles. The predicted octanol–water partition coefficient (Wildman–Crippen LogP) is 3.56. The Hall–Kier alpha value is -1.68. The Morgan fingerprint density at radius 2 is 2.05 bits per heavy atom. The van der Waals surface area contributed by atoms with Crippen molar-refractivity contribution in [2.75, 3.05) is 0 Å². The van der Waals surface area contributed by atoms with Crippen LogP contribution in [0.2, 0.25) is 0 Å². The summed E-state index contributed by atoms with van der Waals surface area (Å²) in [4.78, 5) is 18.6. The number of hydrogen-bond donors (Lipinski definition) is 0. The molecule has 0 bridgehead atoms. The third-order valence-electron chi connectivity index (χ3n) is 3.50. The van der Waals surface area contributed by atoms with E-state index in [9.17, 15) is 4.79 Å². The SMILES string of the molecule is CC(c1ccccc1)N1Cc2ncc(Br)cc2C1=O. The Morgan fingerprint density at radius 1 is 1.32 bits per heavy atom. The molecule has 1 unspecified atom stereocenters. The second kappa shape index (κ2) is 4.78. The molecule has 0 saturated carbocycles. The van der Waals surface area contributed by atoms with Crippen LogP contribution < -0.4 is 0 Å². The van der Waals surface area contributed by atoms with Crippen molar-refractivity contribution in [1.29, 1.82) is 0 Å². The molecule has 1 amide bonds. The molecule has 4 heteroatoms. The summed E-state index contributed by atoms with van der Waals surface area (Å²) in [6.07, 6.45) is 1.74. The maximum atomic E-state index is 12.4. The van der Waals surface area contributed by atoms with Crippen molar-refractivity contribution < 1.29 is 4.79 Å². The maximum absolute atomic E-state index is 12.4. The van der Waals surface area contributed by atoms with E-state index in [4.69, 9.17) is 0 Å². The van der Waals surface area contributed by atoms with Crippen molar-refractivity contribution in [1.82, 2.24) is 9.88 Å². The molecule has 0 spiro atoms. The van der Waals surface area contributed by atoms with Gasteiger partial charge < -0.3 is 4.90 Å². The smallest absolute Gasteiger partial charge is 0.256 e. The first-order valence-corrected chi connectivity index (χ1v) is 6.96. The van der Waals surface area contributed by atoms with Gasteiger partial charge in [-0.15, -0.1) is 0 Å². The highest BCUT2D eigenvalue weighted by molar-refractivity contribution is 9.10. The van der Waals surface area contributed by atoms with Gasteiger partial charge in [-0.2, -0.15) is 0 Å². The number of rotatable bonds is 2. The summed E-state index contributed by atoms with van der Waals surface area (Å²) in [6, 6.07) is 12.0. The minimum absolute atomic E-state index is 0.0557. The molecule has 1 aliphatic rings. The van der Waals surface area contributed by atoms with Gasteiger partial charge in [-0.3, -0.25) is 9.78 Å². The second-order valence-electron chi connectivity index (χ2n) is 4.67. The highest BCUT2D eigenvalue weighted by Crippen LogP contribution is 2.31. The molecule has 3 rings (SSSR count). The zero-order chi connectivity index (χ0) is 13.4. The number of pyridine rings is 1. The molecule has 96 valence electrons. The standard InChI is InChI=1S/C15H13BrN2O/c1-10(11-5-3-2-4-6-11)18-9-14-13(15(18)19)7-12(16)8-17-14/h2-8,10H,9H2,1H3. The van der Waals surface area contributed by atoms with E-state index in [1.165, 1.54) is 0 Å². The lowest BCUT2D eigenvalue weighted by Crippen LogP contribution is -2.27. The van der Waals surface area contributed by atoms with E-state index < -0.39 is 0 Å². The predicted molar refractivity (Wildman–Crippen MR) is 76.7 cm³/mol. The molecule has 1 aliphatic heterocycles. The van der Waals surface area contributed by atoms with E-state index in [1.54, 1.807) is 6.20 Å². The zero-order valence-electron chi connectivity index (χ0n) is 10.5. The quantitative estimate of drug-likeness (QED) is 0.848. The number of halogens is 1. The highest BCUT2D eigenvalue weighted by Gasteiger charge is 2.32. The molecular weight excluding hydrogens is 304 g/mol. The molecule has 3 nitrogen and oxygen atoms in total. The topological polar surface area (TPSA) is 33.2 Å². The minimum atomic E-state index is 0.0557. The largest absolute Gasteiger partial charge is 0.326 e. The van der Waals surface area contributed by atoms with Gasteiger partial charge in [0.05, 0.1) is 23.8 Å². The van der Waals surface area contributed by atoms with Gasteiger partial charge in [0.1, 0.15) is 0 Å². The van der Waals surface area contributed by atoms with Crippen molar-refractivity contribution in [3.8, 4) is 0 Å². The van der Waals surface area contributed by atoms with Crippen molar-refractivity contribution in [3.05, 3.63) is 63.9 Å². The molecule has 1 aromatic heterocycles. The minimum Gasteiger partial charge on any atom is -0.326 e. The number of carbonyl (C=O) groups is 1. The third kappa shape index (κ3) is 2.16. The van der Waals surface area contributed by atoms with Crippen LogP contribution >= 0.6 is 15.9 Å². The molecule has 1 atom stereocenters. The monoisotopic (exact) mass is 316 g/mol. The molecule has 2 aromatic rings. The summed E-state index contributed by atoms with van der Waals surface area (Å²) in [5.74, 6) is 0.0557. The second-order valence-corrected chi connectivity index (χ2v) is 5.58. The summed E-state index contributed by atoms with van der Waals surface area (Å²) in [5, 5.41) is 0. The molecule has 0 saturated heterocycles. The van der Waals surface area contributed by atoms with Crippen LogP contribution in [0, 0.1) is 0 Å². The molecule has 0 N–H and O–H groups in total. The summed E-state index contributed by atoms with van der Waals surface area (Å²) in [6.45, 7) is 2.63.